The fraction of sp³-hybridized carbons (Fsp3) is 0.433. The molecule has 0 aliphatic heterocycles. The Kier molecular flexibility index (Phi) is 6.17. The van der Waals surface area contributed by atoms with Crippen LogP contribution in [0, 0.1) is 34.8 Å². The van der Waals surface area contributed by atoms with Gasteiger partial charge >= 0.3 is 0 Å². The number of hydrogen-bond acceptors (Lipinski definition) is 4. The highest BCUT2D eigenvalue weighted by Crippen LogP contribution is 2.61. The summed E-state index contributed by atoms with van der Waals surface area (Å²) in [7, 11) is 1.64. The van der Waals surface area contributed by atoms with E-state index in [0.717, 1.165) is 59.0 Å². The van der Waals surface area contributed by atoms with Crippen molar-refractivity contribution in [1.82, 2.24) is 9.97 Å². The minimum Gasteiger partial charge on any atom is -0.497 e. The monoisotopic (exact) mass is 503 g/mol. The van der Waals surface area contributed by atoms with Crippen molar-refractivity contribution in [2.24, 2.45) is 23.2 Å². The minimum absolute atomic E-state index is 0.0735. The number of rotatable bonds is 7. The van der Waals surface area contributed by atoms with Gasteiger partial charge in [-0.3, -0.25) is 4.79 Å². The summed E-state index contributed by atoms with van der Waals surface area (Å²) < 4.78 is 32.2. The highest BCUT2D eigenvalue weighted by Gasteiger charge is 2.51. The molecule has 4 saturated carbocycles. The van der Waals surface area contributed by atoms with Gasteiger partial charge in [-0.15, -0.1) is 0 Å². The number of carbonyl (C=O) groups is 1. The first-order valence-corrected chi connectivity index (χ1v) is 13.1. The van der Waals surface area contributed by atoms with Gasteiger partial charge in [0.05, 0.1) is 31.1 Å². The quantitative estimate of drug-likeness (QED) is 0.407. The van der Waals surface area contributed by atoms with Crippen LogP contribution in [0.5, 0.6) is 5.75 Å². The molecule has 1 amide bonds. The van der Waals surface area contributed by atoms with Gasteiger partial charge in [-0.2, -0.15) is 0 Å². The summed E-state index contributed by atoms with van der Waals surface area (Å²) in [4.78, 5) is 22.6. The summed E-state index contributed by atoms with van der Waals surface area (Å²) in [6.07, 6.45) is 10.1. The molecule has 37 heavy (non-hydrogen) atoms. The molecule has 5 nitrogen and oxygen atoms in total. The van der Waals surface area contributed by atoms with Gasteiger partial charge in [0.2, 0.25) is 5.91 Å². The summed E-state index contributed by atoms with van der Waals surface area (Å²) in [6.45, 7) is 0. The first kappa shape index (κ1) is 24.0. The van der Waals surface area contributed by atoms with Crippen LogP contribution in [0.25, 0.3) is 11.3 Å². The minimum atomic E-state index is -0.962. The number of halogens is 2. The van der Waals surface area contributed by atoms with Crippen LogP contribution in [-0.2, 0) is 17.6 Å². The predicted molar refractivity (Wildman–Crippen MR) is 137 cm³/mol. The van der Waals surface area contributed by atoms with Gasteiger partial charge in [-0.25, -0.2) is 18.7 Å². The van der Waals surface area contributed by atoms with E-state index in [1.54, 1.807) is 13.3 Å². The van der Waals surface area contributed by atoms with E-state index in [2.05, 4.69) is 10.3 Å². The average Bonchev–Trinajstić information content (AvgIpc) is 2.86. The molecule has 1 N–H and O–H groups in total. The van der Waals surface area contributed by atoms with Crippen molar-refractivity contribution in [3.8, 4) is 17.0 Å². The Bertz CT molecular complexity index is 1290. The maximum atomic E-state index is 13.7. The standard InChI is InChI=1S/C30H31F2N3O2/c1-37-23-5-3-22(4-6-23)27-17-33-29(35-28(36)12-18-2-7-24(31)25(32)11-18)26(34-27)16-30-13-19-8-20(14-30)10-21(9-19)15-30/h2-7,11,17,19-21H,8-10,12-16H2,1H3,(H,33,35,36). The molecule has 2 aromatic carbocycles. The van der Waals surface area contributed by atoms with E-state index in [1.807, 2.05) is 24.3 Å². The highest BCUT2D eigenvalue weighted by molar-refractivity contribution is 5.92. The van der Waals surface area contributed by atoms with E-state index < -0.39 is 11.6 Å². The Hall–Kier alpha value is -3.35. The van der Waals surface area contributed by atoms with E-state index in [1.165, 1.54) is 44.6 Å². The second-order valence-corrected chi connectivity index (χ2v) is 11.3. The van der Waals surface area contributed by atoms with Crippen LogP contribution in [0.2, 0.25) is 0 Å². The van der Waals surface area contributed by atoms with Crippen molar-refractivity contribution in [3.05, 3.63) is 71.6 Å². The molecule has 0 radical (unpaired) electrons. The zero-order valence-corrected chi connectivity index (χ0v) is 21.0. The molecule has 0 unspecified atom stereocenters. The van der Waals surface area contributed by atoms with Crippen LogP contribution in [0.3, 0.4) is 0 Å². The van der Waals surface area contributed by atoms with Gasteiger partial charge in [0.25, 0.3) is 0 Å². The molecule has 4 bridgehead atoms. The molecule has 3 aromatic rings. The zero-order valence-electron chi connectivity index (χ0n) is 21.0. The molecule has 0 spiro atoms. The number of amides is 1. The molecule has 1 aromatic heterocycles. The lowest BCUT2D eigenvalue weighted by Gasteiger charge is -2.57. The molecule has 4 aliphatic carbocycles. The lowest BCUT2D eigenvalue weighted by Crippen LogP contribution is -2.47. The Balaban J connectivity index is 1.29. The smallest absolute Gasteiger partial charge is 0.229 e. The van der Waals surface area contributed by atoms with Crippen LogP contribution in [0.15, 0.2) is 48.7 Å². The molecule has 0 atom stereocenters. The second-order valence-electron chi connectivity index (χ2n) is 11.3. The van der Waals surface area contributed by atoms with Crippen LogP contribution < -0.4 is 10.1 Å². The van der Waals surface area contributed by atoms with E-state index in [4.69, 9.17) is 9.72 Å². The third-order valence-corrected chi connectivity index (χ3v) is 8.54. The fourth-order valence-electron chi connectivity index (χ4n) is 7.43. The van der Waals surface area contributed by atoms with E-state index in [-0.39, 0.29) is 17.7 Å². The number of anilines is 1. The van der Waals surface area contributed by atoms with Gasteiger partial charge in [0, 0.05) is 5.56 Å². The van der Waals surface area contributed by atoms with Crippen LogP contribution >= 0.6 is 0 Å². The van der Waals surface area contributed by atoms with Crippen molar-refractivity contribution < 1.29 is 18.3 Å². The fourth-order valence-corrected chi connectivity index (χ4v) is 7.43. The summed E-state index contributed by atoms with van der Waals surface area (Å²) in [5, 5.41) is 2.92. The zero-order chi connectivity index (χ0) is 25.6. The predicted octanol–water partition coefficient (Wildman–Crippen LogP) is 6.37. The lowest BCUT2D eigenvalue weighted by molar-refractivity contribution is -0.115. The summed E-state index contributed by atoms with van der Waals surface area (Å²) in [6, 6.07) is 11.2. The number of aromatic nitrogens is 2. The summed E-state index contributed by atoms with van der Waals surface area (Å²) in [5.41, 5.74) is 3.10. The van der Waals surface area contributed by atoms with Crippen molar-refractivity contribution >= 4 is 11.7 Å². The highest BCUT2D eigenvalue weighted by atomic mass is 19.2. The van der Waals surface area contributed by atoms with Crippen LogP contribution in [-0.4, -0.2) is 23.0 Å². The number of benzene rings is 2. The third-order valence-electron chi connectivity index (χ3n) is 8.54. The van der Waals surface area contributed by atoms with Crippen molar-refractivity contribution in [3.63, 3.8) is 0 Å². The van der Waals surface area contributed by atoms with E-state index in [9.17, 15) is 13.6 Å². The largest absolute Gasteiger partial charge is 0.497 e. The Labute approximate surface area is 215 Å². The first-order valence-electron chi connectivity index (χ1n) is 13.1. The number of nitrogens with one attached hydrogen (secondary N) is 1. The summed E-state index contributed by atoms with van der Waals surface area (Å²) >= 11 is 0. The van der Waals surface area contributed by atoms with Crippen LogP contribution in [0.4, 0.5) is 14.6 Å². The average molecular weight is 504 g/mol. The van der Waals surface area contributed by atoms with Gasteiger partial charge < -0.3 is 10.1 Å². The van der Waals surface area contributed by atoms with Gasteiger partial charge in [0.15, 0.2) is 17.5 Å². The number of ether oxygens (including phenoxy) is 1. The molecule has 4 fully saturated rings. The molecule has 0 saturated heterocycles. The lowest BCUT2D eigenvalue weighted by atomic mass is 9.48. The molecule has 192 valence electrons. The number of carbonyl (C=O) groups excluding carboxylic acids is 1. The van der Waals surface area contributed by atoms with Crippen LogP contribution in [0.1, 0.15) is 49.8 Å². The van der Waals surface area contributed by atoms with Crippen molar-refractivity contribution in [2.75, 3.05) is 12.4 Å². The van der Waals surface area contributed by atoms with Gasteiger partial charge in [-0.1, -0.05) is 6.07 Å². The Morgan fingerprint density at radius 3 is 2.30 bits per heavy atom. The molecular weight excluding hydrogens is 472 g/mol. The van der Waals surface area contributed by atoms with E-state index >= 15 is 0 Å². The van der Waals surface area contributed by atoms with Gasteiger partial charge in [0.1, 0.15) is 5.75 Å². The molecule has 7 heteroatoms. The topological polar surface area (TPSA) is 64.1 Å². The normalized spacial score (nSPS) is 25.8. The van der Waals surface area contributed by atoms with E-state index in [0.29, 0.717) is 11.4 Å². The SMILES string of the molecule is COc1ccc(-c2cnc(NC(=O)Cc3ccc(F)c(F)c3)c(CC34CC5CC(CC(C5)C3)C4)n2)cc1. The maximum Gasteiger partial charge on any atom is 0.229 e. The van der Waals surface area contributed by atoms with Crippen molar-refractivity contribution in [2.45, 2.75) is 51.4 Å². The number of hydrogen-bond donors (Lipinski definition) is 1. The Morgan fingerprint density at radius 2 is 1.68 bits per heavy atom. The van der Waals surface area contributed by atoms with Gasteiger partial charge in [-0.05, 0) is 110 Å². The second kappa shape index (κ2) is 9.51. The number of methoxy groups -OCH3 is 1. The molecule has 1 heterocycles. The first-order chi connectivity index (χ1) is 17.9. The maximum absolute atomic E-state index is 13.7. The number of nitrogens with zero attached hydrogens (tertiary/aromatic N) is 2. The molecule has 7 rings (SSSR count). The van der Waals surface area contributed by atoms with Crippen molar-refractivity contribution in [1.29, 1.82) is 0 Å². The molecular formula is C30H31F2N3O2. The third kappa shape index (κ3) is 4.96. The molecule has 4 aliphatic rings. The summed E-state index contributed by atoms with van der Waals surface area (Å²) in [5.74, 6) is 1.41. The Morgan fingerprint density at radius 1 is 1.00 bits per heavy atom.